The van der Waals surface area contributed by atoms with Crippen molar-refractivity contribution in [3.05, 3.63) is 69.7 Å². The Morgan fingerprint density at radius 3 is 2.68 bits per heavy atom. The minimum Gasteiger partial charge on any atom is -0.408 e. The van der Waals surface area contributed by atoms with E-state index in [2.05, 4.69) is 32.0 Å². The standard InChI is InChI=1S/C20H22N2O3/c1-14-8-9-16(15(2)12-14)13-21(3)19(23)10-11-22-17-6-4-5-7-18(17)25-20(22)24/h4-9,12H,10-11,13H2,1-3H3. The van der Waals surface area contributed by atoms with Crippen LogP contribution in [0.1, 0.15) is 23.1 Å². The van der Waals surface area contributed by atoms with Crippen molar-refractivity contribution in [1.29, 1.82) is 0 Å². The second-order valence-electron chi connectivity index (χ2n) is 6.42. The zero-order valence-electron chi connectivity index (χ0n) is 14.8. The van der Waals surface area contributed by atoms with Crippen LogP contribution in [0.3, 0.4) is 0 Å². The minimum atomic E-state index is -0.425. The second-order valence-corrected chi connectivity index (χ2v) is 6.42. The fourth-order valence-corrected chi connectivity index (χ4v) is 2.99. The monoisotopic (exact) mass is 338 g/mol. The van der Waals surface area contributed by atoms with Crippen LogP contribution in [-0.2, 0) is 17.9 Å². The largest absolute Gasteiger partial charge is 0.419 e. The number of para-hydroxylation sites is 2. The summed E-state index contributed by atoms with van der Waals surface area (Å²) in [6.45, 7) is 4.98. The Labute approximate surface area is 146 Å². The molecule has 3 rings (SSSR count). The predicted molar refractivity (Wildman–Crippen MR) is 97.5 cm³/mol. The van der Waals surface area contributed by atoms with Gasteiger partial charge in [-0.1, -0.05) is 35.9 Å². The highest BCUT2D eigenvalue weighted by Crippen LogP contribution is 2.14. The van der Waals surface area contributed by atoms with Gasteiger partial charge in [0.25, 0.3) is 0 Å². The molecule has 1 heterocycles. The molecule has 5 nitrogen and oxygen atoms in total. The van der Waals surface area contributed by atoms with Gasteiger partial charge in [-0.25, -0.2) is 4.79 Å². The fourth-order valence-electron chi connectivity index (χ4n) is 2.99. The van der Waals surface area contributed by atoms with Crippen molar-refractivity contribution >= 4 is 17.0 Å². The molecule has 0 fully saturated rings. The van der Waals surface area contributed by atoms with Crippen LogP contribution in [0.25, 0.3) is 11.1 Å². The van der Waals surface area contributed by atoms with E-state index in [1.54, 1.807) is 18.0 Å². The lowest BCUT2D eigenvalue weighted by atomic mass is 10.1. The first kappa shape index (κ1) is 17.0. The molecule has 1 aromatic heterocycles. The number of fused-ring (bicyclic) bond motifs is 1. The number of hydrogen-bond donors (Lipinski definition) is 0. The zero-order valence-corrected chi connectivity index (χ0v) is 14.8. The van der Waals surface area contributed by atoms with Gasteiger partial charge in [0, 0.05) is 26.6 Å². The number of rotatable bonds is 5. The molecule has 0 aliphatic rings. The molecule has 0 aliphatic carbocycles. The third kappa shape index (κ3) is 3.65. The fraction of sp³-hybridized carbons (Fsp3) is 0.300. The molecule has 3 aromatic rings. The minimum absolute atomic E-state index is 0.00263. The molecule has 0 N–H and O–H groups in total. The van der Waals surface area contributed by atoms with Gasteiger partial charge in [0.15, 0.2) is 5.58 Å². The maximum atomic E-state index is 12.4. The van der Waals surface area contributed by atoms with Crippen molar-refractivity contribution in [1.82, 2.24) is 9.47 Å². The molecular weight excluding hydrogens is 316 g/mol. The third-order valence-electron chi connectivity index (χ3n) is 4.45. The summed E-state index contributed by atoms with van der Waals surface area (Å²) in [6.07, 6.45) is 0.255. The first-order chi connectivity index (χ1) is 12.0. The van der Waals surface area contributed by atoms with Crippen molar-refractivity contribution in [3.63, 3.8) is 0 Å². The normalized spacial score (nSPS) is 11.0. The number of oxazole rings is 1. The number of aromatic nitrogens is 1. The highest BCUT2D eigenvalue weighted by molar-refractivity contribution is 5.76. The number of hydrogen-bond acceptors (Lipinski definition) is 3. The van der Waals surface area contributed by atoms with Gasteiger partial charge in [0.1, 0.15) is 0 Å². The van der Waals surface area contributed by atoms with Crippen molar-refractivity contribution in [2.24, 2.45) is 0 Å². The molecule has 0 spiro atoms. The molecule has 5 heteroatoms. The van der Waals surface area contributed by atoms with E-state index in [1.165, 1.54) is 15.7 Å². The van der Waals surface area contributed by atoms with Crippen molar-refractivity contribution < 1.29 is 9.21 Å². The average Bonchev–Trinajstić information content (AvgIpc) is 2.90. The molecule has 0 unspecified atom stereocenters. The number of benzene rings is 2. The van der Waals surface area contributed by atoms with E-state index < -0.39 is 5.76 Å². The van der Waals surface area contributed by atoms with Crippen molar-refractivity contribution in [2.75, 3.05) is 7.05 Å². The Morgan fingerprint density at radius 1 is 1.16 bits per heavy atom. The molecule has 0 radical (unpaired) electrons. The molecule has 0 saturated carbocycles. The van der Waals surface area contributed by atoms with Crippen LogP contribution in [0, 0.1) is 13.8 Å². The van der Waals surface area contributed by atoms with Gasteiger partial charge in [-0.3, -0.25) is 9.36 Å². The highest BCUT2D eigenvalue weighted by atomic mass is 16.4. The Bertz CT molecular complexity index is 968. The summed E-state index contributed by atoms with van der Waals surface area (Å²) in [5.41, 5.74) is 4.78. The Hall–Kier alpha value is -2.82. The number of carbonyl (C=O) groups excluding carboxylic acids is 1. The molecule has 0 atom stereocenters. The Kier molecular flexibility index (Phi) is 4.74. The lowest BCUT2D eigenvalue weighted by Crippen LogP contribution is -2.28. The van der Waals surface area contributed by atoms with E-state index in [0.717, 1.165) is 11.1 Å². The number of nitrogens with zero attached hydrogens (tertiary/aromatic N) is 2. The highest BCUT2D eigenvalue weighted by Gasteiger charge is 2.14. The average molecular weight is 338 g/mol. The predicted octanol–water partition coefficient (Wildman–Crippen LogP) is 3.26. The van der Waals surface area contributed by atoms with Crippen LogP contribution in [0.2, 0.25) is 0 Å². The molecule has 130 valence electrons. The van der Waals surface area contributed by atoms with Gasteiger partial charge in [-0.2, -0.15) is 0 Å². The molecular formula is C20H22N2O3. The molecule has 0 aliphatic heterocycles. The van der Waals surface area contributed by atoms with Crippen LogP contribution in [0.4, 0.5) is 0 Å². The topological polar surface area (TPSA) is 55.5 Å². The molecule has 25 heavy (non-hydrogen) atoms. The molecule has 2 aromatic carbocycles. The van der Waals surface area contributed by atoms with Crippen molar-refractivity contribution in [2.45, 2.75) is 33.4 Å². The maximum absolute atomic E-state index is 12.4. The first-order valence-corrected chi connectivity index (χ1v) is 8.34. The van der Waals surface area contributed by atoms with E-state index in [9.17, 15) is 9.59 Å². The molecule has 0 saturated heterocycles. The Balaban J connectivity index is 1.67. The quantitative estimate of drug-likeness (QED) is 0.717. The number of carbonyl (C=O) groups is 1. The second kappa shape index (κ2) is 6.97. The lowest BCUT2D eigenvalue weighted by molar-refractivity contribution is -0.130. The van der Waals surface area contributed by atoms with E-state index in [4.69, 9.17) is 4.42 Å². The van der Waals surface area contributed by atoms with Gasteiger partial charge < -0.3 is 9.32 Å². The SMILES string of the molecule is Cc1ccc(CN(C)C(=O)CCn2c(=O)oc3ccccc32)c(C)c1. The van der Waals surface area contributed by atoms with Gasteiger partial charge in [-0.15, -0.1) is 0 Å². The molecule has 1 amide bonds. The summed E-state index contributed by atoms with van der Waals surface area (Å²) in [4.78, 5) is 26.1. The number of amides is 1. The van der Waals surface area contributed by atoms with E-state index in [0.29, 0.717) is 18.7 Å². The van der Waals surface area contributed by atoms with E-state index >= 15 is 0 Å². The smallest absolute Gasteiger partial charge is 0.408 e. The van der Waals surface area contributed by atoms with Gasteiger partial charge in [-0.05, 0) is 37.1 Å². The third-order valence-corrected chi connectivity index (χ3v) is 4.45. The summed E-state index contributed by atoms with van der Waals surface area (Å²) < 4.78 is 6.71. The van der Waals surface area contributed by atoms with Crippen LogP contribution in [-0.4, -0.2) is 22.4 Å². The Morgan fingerprint density at radius 2 is 1.92 bits per heavy atom. The van der Waals surface area contributed by atoms with Crippen molar-refractivity contribution in [3.8, 4) is 0 Å². The summed E-state index contributed by atoms with van der Waals surface area (Å²) >= 11 is 0. The summed E-state index contributed by atoms with van der Waals surface area (Å²) in [7, 11) is 1.79. The van der Waals surface area contributed by atoms with Gasteiger partial charge in [0.2, 0.25) is 5.91 Å². The van der Waals surface area contributed by atoms with Gasteiger partial charge >= 0.3 is 5.76 Å². The van der Waals surface area contributed by atoms with E-state index in [1.807, 2.05) is 18.2 Å². The zero-order chi connectivity index (χ0) is 18.0. The summed E-state index contributed by atoms with van der Waals surface area (Å²) in [6, 6.07) is 13.5. The number of aryl methyl sites for hydroxylation is 3. The lowest BCUT2D eigenvalue weighted by Gasteiger charge is -2.19. The summed E-state index contributed by atoms with van der Waals surface area (Å²) in [5, 5.41) is 0. The summed E-state index contributed by atoms with van der Waals surface area (Å²) in [5.74, 6) is -0.428. The van der Waals surface area contributed by atoms with Gasteiger partial charge in [0.05, 0.1) is 5.52 Å². The van der Waals surface area contributed by atoms with Crippen LogP contribution >= 0.6 is 0 Å². The van der Waals surface area contributed by atoms with Crippen LogP contribution < -0.4 is 5.76 Å². The maximum Gasteiger partial charge on any atom is 0.419 e. The molecule has 0 bridgehead atoms. The van der Waals surface area contributed by atoms with Crippen LogP contribution in [0.5, 0.6) is 0 Å². The first-order valence-electron chi connectivity index (χ1n) is 8.34. The van der Waals surface area contributed by atoms with E-state index in [-0.39, 0.29) is 12.3 Å². The van der Waals surface area contributed by atoms with Crippen LogP contribution in [0.15, 0.2) is 51.7 Å².